The lowest BCUT2D eigenvalue weighted by molar-refractivity contribution is -0.00466. The van der Waals surface area contributed by atoms with Crippen LogP contribution in [0.5, 0.6) is 0 Å². The quantitative estimate of drug-likeness (QED) is 0.835. The van der Waals surface area contributed by atoms with E-state index in [9.17, 15) is 4.79 Å². The molecule has 0 N–H and O–H groups in total. The van der Waals surface area contributed by atoms with Gasteiger partial charge in [-0.2, -0.15) is 0 Å². The van der Waals surface area contributed by atoms with Gasteiger partial charge in [0.1, 0.15) is 0 Å². The van der Waals surface area contributed by atoms with Crippen molar-refractivity contribution in [3.63, 3.8) is 0 Å². The van der Waals surface area contributed by atoms with Crippen LogP contribution in [0.1, 0.15) is 48.0 Å². The van der Waals surface area contributed by atoms with E-state index in [4.69, 9.17) is 9.72 Å². The maximum Gasteiger partial charge on any atom is 0.186 e. The van der Waals surface area contributed by atoms with Crippen molar-refractivity contribution in [1.82, 2.24) is 4.98 Å². The molecule has 1 aromatic heterocycles. The van der Waals surface area contributed by atoms with Crippen molar-refractivity contribution >= 4 is 22.3 Å². The zero-order valence-corrected chi connectivity index (χ0v) is 12.4. The Labute approximate surface area is 117 Å². The summed E-state index contributed by atoms with van der Waals surface area (Å²) in [6.07, 6.45) is 4.79. The summed E-state index contributed by atoms with van der Waals surface area (Å²) < 4.78 is 5.62. The van der Waals surface area contributed by atoms with Crippen LogP contribution in [0.2, 0.25) is 0 Å². The van der Waals surface area contributed by atoms with Crippen molar-refractivity contribution < 1.29 is 9.53 Å². The van der Waals surface area contributed by atoms with E-state index in [1.54, 1.807) is 18.4 Å². The van der Waals surface area contributed by atoms with Crippen molar-refractivity contribution in [2.75, 3.05) is 25.1 Å². The van der Waals surface area contributed by atoms with Crippen LogP contribution in [0.15, 0.2) is 0 Å². The molecule has 4 nitrogen and oxygen atoms in total. The van der Waals surface area contributed by atoms with Gasteiger partial charge in [-0.25, -0.2) is 4.98 Å². The molecule has 0 amide bonds. The molecule has 104 valence electrons. The van der Waals surface area contributed by atoms with Gasteiger partial charge in [0, 0.05) is 26.6 Å². The van der Waals surface area contributed by atoms with Crippen LogP contribution in [0.4, 0.5) is 5.13 Å². The largest absolute Gasteiger partial charge is 0.377 e. The molecule has 1 unspecified atom stereocenters. The van der Waals surface area contributed by atoms with E-state index in [1.165, 1.54) is 0 Å². The average Bonchev–Trinajstić information content (AvgIpc) is 2.84. The number of Topliss-reactive ketones (excluding diaryl/α,β-unsaturated/α-hetero) is 1. The molecule has 2 heterocycles. The van der Waals surface area contributed by atoms with Gasteiger partial charge in [-0.1, -0.05) is 11.3 Å². The van der Waals surface area contributed by atoms with Crippen LogP contribution in [0.3, 0.4) is 0 Å². The average molecular weight is 280 g/mol. The Hall–Kier alpha value is -0.940. The summed E-state index contributed by atoms with van der Waals surface area (Å²) in [5.41, 5.74) is 0.926. The van der Waals surface area contributed by atoms with Crippen LogP contribution < -0.4 is 4.90 Å². The number of rotatable bonds is 2. The third-order valence-corrected chi connectivity index (χ3v) is 5.38. The maximum atomic E-state index is 11.9. The fourth-order valence-corrected chi connectivity index (χ4v) is 4.03. The molecular weight excluding hydrogens is 260 g/mol. The number of ketones is 1. The second kappa shape index (κ2) is 4.87. The smallest absolute Gasteiger partial charge is 0.186 e. The number of nitrogens with zero attached hydrogens (tertiary/aromatic N) is 2. The van der Waals surface area contributed by atoms with E-state index in [0.717, 1.165) is 54.5 Å². The summed E-state index contributed by atoms with van der Waals surface area (Å²) in [6.45, 7) is 4.03. The predicted molar refractivity (Wildman–Crippen MR) is 76.2 cm³/mol. The van der Waals surface area contributed by atoms with Gasteiger partial charge in [0.2, 0.25) is 0 Å². The minimum atomic E-state index is -0.0889. The standard InChI is InChI=1S/C14H20N2O2S/c1-14(18-2)7-4-8-16(9-14)13-15-10-5-3-6-11(17)12(10)19-13/h3-9H2,1-2H3. The molecule has 2 aliphatic rings. The highest BCUT2D eigenvalue weighted by molar-refractivity contribution is 7.17. The van der Waals surface area contributed by atoms with E-state index in [0.29, 0.717) is 6.42 Å². The fraction of sp³-hybridized carbons (Fsp3) is 0.714. The number of aromatic nitrogens is 1. The highest BCUT2D eigenvalue weighted by Gasteiger charge is 2.33. The minimum Gasteiger partial charge on any atom is -0.377 e. The third kappa shape index (κ3) is 2.41. The first kappa shape index (κ1) is 13.1. The first-order chi connectivity index (χ1) is 9.11. The number of carbonyl (C=O) groups is 1. The first-order valence-electron chi connectivity index (χ1n) is 6.94. The van der Waals surface area contributed by atoms with Crippen molar-refractivity contribution in [1.29, 1.82) is 0 Å². The molecule has 1 saturated heterocycles. The number of aryl methyl sites for hydroxylation is 1. The van der Waals surface area contributed by atoms with Crippen LogP contribution in [0.25, 0.3) is 0 Å². The number of thiazole rings is 1. The Morgan fingerprint density at radius 1 is 1.37 bits per heavy atom. The lowest BCUT2D eigenvalue weighted by Gasteiger charge is -2.39. The van der Waals surface area contributed by atoms with E-state index in [1.807, 2.05) is 0 Å². The molecule has 0 radical (unpaired) electrons. The number of ether oxygens (including phenoxy) is 1. The van der Waals surface area contributed by atoms with Gasteiger partial charge in [-0.15, -0.1) is 0 Å². The molecule has 1 fully saturated rings. The van der Waals surface area contributed by atoms with Gasteiger partial charge in [0.15, 0.2) is 10.9 Å². The molecule has 1 atom stereocenters. The van der Waals surface area contributed by atoms with Crippen molar-refractivity contribution in [2.45, 2.75) is 44.6 Å². The number of fused-ring (bicyclic) bond motifs is 1. The lowest BCUT2D eigenvalue weighted by Crippen LogP contribution is -2.47. The molecule has 1 aliphatic carbocycles. The molecule has 5 heteroatoms. The Morgan fingerprint density at radius 3 is 2.95 bits per heavy atom. The van der Waals surface area contributed by atoms with Crippen LogP contribution in [0, 0.1) is 0 Å². The summed E-state index contributed by atoms with van der Waals surface area (Å²) in [5, 5.41) is 1.00. The van der Waals surface area contributed by atoms with Crippen LogP contribution in [-0.2, 0) is 11.2 Å². The van der Waals surface area contributed by atoms with Crippen molar-refractivity contribution in [2.24, 2.45) is 0 Å². The molecule has 3 rings (SSSR count). The predicted octanol–water partition coefficient (Wildman–Crippen LogP) is 2.67. The van der Waals surface area contributed by atoms with E-state index >= 15 is 0 Å². The van der Waals surface area contributed by atoms with Gasteiger partial charge >= 0.3 is 0 Å². The van der Waals surface area contributed by atoms with Gasteiger partial charge in [0.25, 0.3) is 0 Å². The van der Waals surface area contributed by atoms with Crippen molar-refractivity contribution in [3.8, 4) is 0 Å². The Morgan fingerprint density at radius 2 is 2.21 bits per heavy atom. The minimum absolute atomic E-state index is 0.0889. The fourth-order valence-electron chi connectivity index (χ4n) is 2.93. The molecule has 0 bridgehead atoms. The van der Waals surface area contributed by atoms with Crippen LogP contribution in [-0.4, -0.2) is 36.6 Å². The highest BCUT2D eigenvalue weighted by atomic mass is 32.1. The molecule has 1 aliphatic heterocycles. The number of piperidine rings is 1. The van der Waals surface area contributed by atoms with Crippen LogP contribution >= 0.6 is 11.3 Å². The molecule has 1 aromatic rings. The summed E-state index contributed by atoms with van der Waals surface area (Å²) in [7, 11) is 1.78. The molecular formula is C14H20N2O2S. The lowest BCUT2D eigenvalue weighted by atomic mass is 9.95. The second-order valence-corrected chi connectivity index (χ2v) is 6.71. The topological polar surface area (TPSA) is 42.4 Å². The van der Waals surface area contributed by atoms with E-state index in [-0.39, 0.29) is 11.4 Å². The second-order valence-electron chi connectivity index (χ2n) is 5.73. The molecule has 19 heavy (non-hydrogen) atoms. The molecule has 0 aromatic carbocycles. The van der Waals surface area contributed by atoms with E-state index < -0.39 is 0 Å². The Balaban J connectivity index is 1.84. The Bertz CT molecular complexity index is 500. The number of carbonyl (C=O) groups excluding carboxylic acids is 1. The Kier molecular flexibility index (Phi) is 3.35. The van der Waals surface area contributed by atoms with Gasteiger partial charge in [0.05, 0.1) is 16.2 Å². The number of hydrogen-bond acceptors (Lipinski definition) is 5. The third-order valence-electron chi connectivity index (χ3n) is 4.18. The monoisotopic (exact) mass is 280 g/mol. The molecule has 0 spiro atoms. The van der Waals surface area contributed by atoms with Gasteiger partial charge in [-0.3, -0.25) is 4.79 Å². The normalized spacial score (nSPS) is 27.5. The van der Waals surface area contributed by atoms with E-state index in [2.05, 4.69) is 11.8 Å². The summed E-state index contributed by atoms with van der Waals surface area (Å²) in [5.74, 6) is 0.275. The van der Waals surface area contributed by atoms with Crippen molar-refractivity contribution in [3.05, 3.63) is 10.6 Å². The summed E-state index contributed by atoms with van der Waals surface area (Å²) >= 11 is 1.57. The highest BCUT2D eigenvalue weighted by Crippen LogP contribution is 2.35. The van der Waals surface area contributed by atoms with Gasteiger partial charge in [-0.05, 0) is 32.6 Å². The zero-order valence-electron chi connectivity index (χ0n) is 11.6. The number of anilines is 1. The maximum absolute atomic E-state index is 11.9. The number of hydrogen-bond donors (Lipinski definition) is 0. The molecule has 0 saturated carbocycles. The SMILES string of the molecule is COC1(C)CCCN(c2nc3c(s2)C(=O)CCC3)C1. The summed E-state index contributed by atoms with van der Waals surface area (Å²) in [6, 6.07) is 0. The van der Waals surface area contributed by atoms with Gasteiger partial charge < -0.3 is 9.64 Å². The first-order valence-corrected chi connectivity index (χ1v) is 7.76. The summed E-state index contributed by atoms with van der Waals surface area (Å²) in [4.78, 5) is 19.8. The number of methoxy groups -OCH3 is 1. The zero-order chi connectivity index (χ0) is 13.5.